The molecule has 0 fully saturated rings. The molecule has 0 bridgehead atoms. The third kappa shape index (κ3) is 4.57. The summed E-state index contributed by atoms with van der Waals surface area (Å²) in [6, 6.07) is 27.2. The first-order chi connectivity index (χ1) is 18.0. The fourth-order valence-corrected chi connectivity index (χ4v) is 8.12. The number of aryl methyl sites for hydroxylation is 1. The number of hydrogen-bond donors (Lipinski definition) is 0. The summed E-state index contributed by atoms with van der Waals surface area (Å²) in [5, 5.41) is 5.24. The SMILES string of the molecule is Cc1c(-c2ccc3nc(CC(C)(C)C)sc3c2)sc2c(-c3cc(C(C)(C)C)c4ccccc4c3)cccc12. The molecule has 6 aromatic rings. The molecule has 38 heavy (non-hydrogen) atoms. The van der Waals surface area contributed by atoms with Gasteiger partial charge in [0.2, 0.25) is 0 Å². The van der Waals surface area contributed by atoms with E-state index in [9.17, 15) is 0 Å². The molecule has 2 aromatic heterocycles. The van der Waals surface area contributed by atoms with Gasteiger partial charge in [0.25, 0.3) is 0 Å². The third-order valence-corrected chi connectivity index (χ3v) is 9.73. The molecular formula is C35H35NS2. The van der Waals surface area contributed by atoms with Crippen molar-refractivity contribution >= 4 is 53.7 Å². The Kier molecular flexibility index (Phi) is 6.01. The molecule has 1 nitrogen and oxygen atoms in total. The van der Waals surface area contributed by atoms with Gasteiger partial charge in [-0.15, -0.1) is 22.7 Å². The van der Waals surface area contributed by atoms with E-state index in [1.807, 2.05) is 22.7 Å². The molecule has 0 aliphatic carbocycles. The Hall–Kier alpha value is -3.01. The molecular weight excluding hydrogens is 499 g/mol. The summed E-state index contributed by atoms with van der Waals surface area (Å²) < 4.78 is 2.65. The minimum atomic E-state index is 0.0655. The van der Waals surface area contributed by atoms with Crippen LogP contribution in [-0.2, 0) is 11.8 Å². The molecule has 6 rings (SSSR count). The minimum absolute atomic E-state index is 0.0655. The van der Waals surface area contributed by atoms with Crippen LogP contribution in [0.4, 0.5) is 0 Å². The maximum Gasteiger partial charge on any atom is 0.0943 e. The highest BCUT2D eigenvalue weighted by molar-refractivity contribution is 7.23. The highest BCUT2D eigenvalue weighted by Gasteiger charge is 2.21. The van der Waals surface area contributed by atoms with Crippen LogP contribution in [0.25, 0.3) is 52.6 Å². The zero-order valence-electron chi connectivity index (χ0n) is 23.4. The van der Waals surface area contributed by atoms with Crippen molar-refractivity contribution in [2.45, 2.75) is 60.3 Å². The second-order valence-corrected chi connectivity index (χ2v) is 14.9. The first-order valence-corrected chi connectivity index (χ1v) is 15.1. The number of rotatable bonds is 3. The number of benzene rings is 4. The zero-order chi connectivity index (χ0) is 26.8. The summed E-state index contributed by atoms with van der Waals surface area (Å²) in [5.74, 6) is 0. The molecule has 0 aliphatic rings. The van der Waals surface area contributed by atoms with E-state index in [-0.39, 0.29) is 10.8 Å². The molecule has 0 saturated heterocycles. The molecule has 192 valence electrons. The number of aromatic nitrogens is 1. The van der Waals surface area contributed by atoms with Crippen LogP contribution >= 0.6 is 22.7 Å². The molecule has 0 atom stereocenters. The highest BCUT2D eigenvalue weighted by atomic mass is 32.1. The van der Waals surface area contributed by atoms with Crippen molar-refractivity contribution in [2.75, 3.05) is 0 Å². The van der Waals surface area contributed by atoms with Gasteiger partial charge in [-0.25, -0.2) is 4.98 Å². The van der Waals surface area contributed by atoms with E-state index in [1.165, 1.54) is 63.3 Å². The van der Waals surface area contributed by atoms with Crippen molar-refractivity contribution in [3.8, 4) is 21.6 Å². The van der Waals surface area contributed by atoms with Crippen molar-refractivity contribution in [2.24, 2.45) is 5.41 Å². The fraction of sp³-hybridized carbons (Fsp3) is 0.286. The molecule has 0 unspecified atom stereocenters. The molecule has 0 aliphatic heterocycles. The van der Waals surface area contributed by atoms with Gasteiger partial charge in [0, 0.05) is 16.0 Å². The zero-order valence-corrected chi connectivity index (χ0v) is 25.0. The van der Waals surface area contributed by atoms with Crippen LogP contribution < -0.4 is 0 Å². The number of nitrogens with zero attached hydrogens (tertiary/aromatic N) is 1. The average molecular weight is 534 g/mol. The van der Waals surface area contributed by atoms with E-state index in [0.29, 0.717) is 0 Å². The van der Waals surface area contributed by atoms with Crippen molar-refractivity contribution in [3.05, 3.63) is 88.9 Å². The van der Waals surface area contributed by atoms with Gasteiger partial charge in [-0.05, 0) is 86.0 Å². The first-order valence-electron chi connectivity index (χ1n) is 13.4. The smallest absolute Gasteiger partial charge is 0.0943 e. The van der Waals surface area contributed by atoms with E-state index in [1.54, 1.807) is 0 Å². The monoisotopic (exact) mass is 533 g/mol. The van der Waals surface area contributed by atoms with Gasteiger partial charge in [0.15, 0.2) is 0 Å². The summed E-state index contributed by atoms with van der Waals surface area (Å²) in [7, 11) is 0. The van der Waals surface area contributed by atoms with Gasteiger partial charge in [-0.1, -0.05) is 90.1 Å². The summed E-state index contributed by atoms with van der Waals surface area (Å²) in [5.41, 5.74) is 8.10. The molecule has 0 amide bonds. The van der Waals surface area contributed by atoms with Crippen LogP contribution in [0.5, 0.6) is 0 Å². The van der Waals surface area contributed by atoms with Gasteiger partial charge in [0.05, 0.1) is 15.2 Å². The summed E-state index contributed by atoms with van der Waals surface area (Å²) >= 11 is 3.77. The van der Waals surface area contributed by atoms with Crippen molar-refractivity contribution in [1.82, 2.24) is 4.98 Å². The Bertz CT molecular complexity index is 1820. The van der Waals surface area contributed by atoms with Crippen molar-refractivity contribution in [3.63, 3.8) is 0 Å². The maximum absolute atomic E-state index is 4.93. The summed E-state index contributed by atoms with van der Waals surface area (Å²) in [6.45, 7) is 16.1. The number of thiazole rings is 1. The standard InChI is InChI=1S/C35H35NS2/c1-21-25-13-10-14-27(24-17-22-11-8-9-12-26(22)28(18-24)35(5,6)7)33(25)38-32(21)23-15-16-29-30(19-23)37-31(36-29)20-34(2,3)4/h8-19H,20H2,1-7H3. The molecule has 0 N–H and O–H groups in total. The highest BCUT2D eigenvalue weighted by Crippen LogP contribution is 2.45. The average Bonchev–Trinajstić information content (AvgIpc) is 3.40. The third-order valence-electron chi connectivity index (χ3n) is 7.32. The quantitative estimate of drug-likeness (QED) is 0.220. The van der Waals surface area contributed by atoms with Gasteiger partial charge in [-0.3, -0.25) is 0 Å². The van der Waals surface area contributed by atoms with E-state index >= 15 is 0 Å². The van der Waals surface area contributed by atoms with E-state index in [2.05, 4.69) is 121 Å². The van der Waals surface area contributed by atoms with Crippen LogP contribution in [0.2, 0.25) is 0 Å². The second-order valence-electron chi connectivity index (χ2n) is 12.8. The molecule has 0 saturated carbocycles. The maximum atomic E-state index is 4.93. The summed E-state index contributed by atoms with van der Waals surface area (Å²) in [6.07, 6.45) is 1.01. The van der Waals surface area contributed by atoms with Gasteiger partial charge in [0.1, 0.15) is 0 Å². The first kappa shape index (κ1) is 25.3. The molecule has 3 heteroatoms. The van der Waals surface area contributed by atoms with Crippen molar-refractivity contribution < 1.29 is 0 Å². The Morgan fingerprint density at radius 2 is 1.50 bits per heavy atom. The minimum Gasteiger partial charge on any atom is -0.241 e. The molecule has 0 spiro atoms. The lowest BCUT2D eigenvalue weighted by atomic mass is 9.82. The lowest BCUT2D eigenvalue weighted by Gasteiger charge is -2.23. The summed E-state index contributed by atoms with van der Waals surface area (Å²) in [4.78, 5) is 6.28. The largest absolute Gasteiger partial charge is 0.241 e. The van der Waals surface area contributed by atoms with Gasteiger partial charge in [-0.2, -0.15) is 0 Å². The second kappa shape index (κ2) is 9.03. The predicted octanol–water partition coefficient (Wildman–Crippen LogP) is 11.2. The predicted molar refractivity (Wildman–Crippen MR) is 170 cm³/mol. The van der Waals surface area contributed by atoms with E-state index in [0.717, 1.165) is 11.9 Å². The topological polar surface area (TPSA) is 12.9 Å². The number of hydrogen-bond acceptors (Lipinski definition) is 3. The number of thiophene rings is 1. The molecule has 0 radical (unpaired) electrons. The van der Waals surface area contributed by atoms with Crippen molar-refractivity contribution in [1.29, 1.82) is 0 Å². The lowest BCUT2D eigenvalue weighted by Crippen LogP contribution is -2.11. The molecule has 2 heterocycles. The van der Waals surface area contributed by atoms with Crippen LogP contribution in [-0.4, -0.2) is 4.98 Å². The Morgan fingerprint density at radius 1 is 0.737 bits per heavy atom. The van der Waals surface area contributed by atoms with Crippen LogP contribution in [0.15, 0.2) is 72.8 Å². The van der Waals surface area contributed by atoms with Gasteiger partial charge < -0.3 is 0 Å². The van der Waals surface area contributed by atoms with Crippen LogP contribution in [0.1, 0.15) is 57.7 Å². The van der Waals surface area contributed by atoms with E-state index in [4.69, 9.17) is 4.98 Å². The van der Waals surface area contributed by atoms with E-state index < -0.39 is 0 Å². The Morgan fingerprint density at radius 3 is 2.26 bits per heavy atom. The van der Waals surface area contributed by atoms with Gasteiger partial charge >= 0.3 is 0 Å². The Balaban J connectivity index is 1.50. The fourth-order valence-electron chi connectivity index (χ4n) is 5.48. The number of fused-ring (bicyclic) bond motifs is 3. The lowest BCUT2D eigenvalue weighted by molar-refractivity contribution is 0.411. The Labute approximate surface area is 234 Å². The normalized spacial score (nSPS) is 12.7. The molecule has 4 aromatic carbocycles. The van der Waals surface area contributed by atoms with Crippen LogP contribution in [0, 0.1) is 12.3 Å². The van der Waals surface area contributed by atoms with Crippen LogP contribution in [0.3, 0.4) is 0 Å².